The summed E-state index contributed by atoms with van der Waals surface area (Å²) in [5, 5.41) is 3.02. The van der Waals surface area contributed by atoms with Crippen LogP contribution in [0.25, 0.3) is 11.0 Å². The monoisotopic (exact) mass is 478 g/mol. The molecule has 1 aliphatic heterocycles. The molecule has 1 amide bonds. The smallest absolute Gasteiger partial charge is 0.289 e. The summed E-state index contributed by atoms with van der Waals surface area (Å²) in [4.78, 5) is 15.2. The third-order valence-corrected chi connectivity index (χ3v) is 9.21. The van der Waals surface area contributed by atoms with E-state index in [2.05, 4.69) is 6.07 Å². The van der Waals surface area contributed by atoms with Gasteiger partial charge in [-0.1, -0.05) is 31.2 Å². The van der Waals surface area contributed by atoms with Crippen LogP contribution in [-0.4, -0.2) is 55.5 Å². The SMILES string of the molecule is CCN(C1CCN(C(=O)c2oc3ccccc3c2CSc2cccs2)CC1)S(C)(=O)=O. The van der Waals surface area contributed by atoms with Gasteiger partial charge in [0.15, 0.2) is 5.76 Å². The first-order valence-corrected chi connectivity index (χ1v) is 14.0. The lowest BCUT2D eigenvalue weighted by Crippen LogP contribution is -2.48. The van der Waals surface area contributed by atoms with Crippen LogP contribution in [0, 0.1) is 0 Å². The van der Waals surface area contributed by atoms with Crippen LogP contribution in [0.2, 0.25) is 0 Å². The van der Waals surface area contributed by atoms with E-state index in [9.17, 15) is 13.2 Å². The molecule has 0 saturated carbocycles. The molecular formula is C22H26N2O4S3. The van der Waals surface area contributed by atoms with Crippen molar-refractivity contribution in [3.63, 3.8) is 0 Å². The Labute approximate surface area is 191 Å². The minimum absolute atomic E-state index is 0.0615. The van der Waals surface area contributed by atoms with Crippen LogP contribution in [0.15, 0.2) is 50.4 Å². The maximum absolute atomic E-state index is 13.4. The Bertz CT molecular complexity index is 1150. The average molecular weight is 479 g/mol. The number of piperidine rings is 1. The van der Waals surface area contributed by atoms with Gasteiger partial charge in [-0.3, -0.25) is 4.79 Å². The second-order valence-electron chi connectivity index (χ2n) is 7.62. The molecule has 0 N–H and O–H groups in total. The van der Waals surface area contributed by atoms with Crippen LogP contribution < -0.4 is 0 Å². The average Bonchev–Trinajstić information content (AvgIpc) is 3.39. The van der Waals surface area contributed by atoms with E-state index in [1.807, 2.05) is 42.6 Å². The van der Waals surface area contributed by atoms with Gasteiger partial charge in [0.05, 0.1) is 10.5 Å². The Kier molecular flexibility index (Phi) is 6.76. The number of carbonyl (C=O) groups excluding carboxylic acids is 1. The Balaban J connectivity index is 1.53. The summed E-state index contributed by atoms with van der Waals surface area (Å²) in [6.07, 6.45) is 2.51. The van der Waals surface area contributed by atoms with Crippen LogP contribution in [0.5, 0.6) is 0 Å². The molecule has 1 aliphatic rings. The topological polar surface area (TPSA) is 70.8 Å². The zero-order valence-electron chi connectivity index (χ0n) is 17.6. The zero-order chi connectivity index (χ0) is 22.0. The van der Waals surface area contributed by atoms with Gasteiger partial charge >= 0.3 is 0 Å². The molecule has 4 rings (SSSR count). The van der Waals surface area contributed by atoms with Gasteiger partial charge in [-0.05, 0) is 30.4 Å². The molecule has 0 unspecified atom stereocenters. The van der Waals surface area contributed by atoms with Crippen molar-refractivity contribution in [2.45, 2.75) is 35.8 Å². The molecule has 3 aromatic rings. The highest BCUT2D eigenvalue weighted by molar-refractivity contribution is 8.00. The van der Waals surface area contributed by atoms with Crippen LogP contribution in [0.3, 0.4) is 0 Å². The molecule has 1 fully saturated rings. The highest BCUT2D eigenvalue weighted by Crippen LogP contribution is 2.34. The summed E-state index contributed by atoms with van der Waals surface area (Å²) in [7, 11) is -3.25. The van der Waals surface area contributed by atoms with Crippen LogP contribution in [-0.2, 0) is 15.8 Å². The maximum atomic E-state index is 13.4. The number of hydrogen-bond acceptors (Lipinski definition) is 6. The third kappa shape index (κ3) is 4.84. The molecule has 0 spiro atoms. The molecule has 1 saturated heterocycles. The van der Waals surface area contributed by atoms with E-state index in [0.29, 0.717) is 44.0 Å². The van der Waals surface area contributed by atoms with Gasteiger partial charge in [0.2, 0.25) is 10.0 Å². The van der Waals surface area contributed by atoms with E-state index in [1.165, 1.54) is 10.5 Å². The van der Waals surface area contributed by atoms with Crippen molar-refractivity contribution in [2.75, 3.05) is 25.9 Å². The van der Waals surface area contributed by atoms with Crippen molar-refractivity contribution in [3.8, 4) is 0 Å². The summed E-state index contributed by atoms with van der Waals surface area (Å²) in [6, 6.07) is 11.8. The second-order valence-corrected chi connectivity index (χ2v) is 11.8. The molecule has 3 heterocycles. The Morgan fingerprint density at radius 3 is 2.61 bits per heavy atom. The molecule has 0 aliphatic carbocycles. The number of carbonyl (C=O) groups is 1. The van der Waals surface area contributed by atoms with E-state index in [4.69, 9.17) is 4.42 Å². The molecule has 2 aromatic heterocycles. The lowest BCUT2D eigenvalue weighted by atomic mass is 10.0. The summed E-state index contributed by atoms with van der Waals surface area (Å²) < 4.78 is 32.8. The molecule has 166 valence electrons. The van der Waals surface area contributed by atoms with Gasteiger partial charge < -0.3 is 9.32 Å². The van der Waals surface area contributed by atoms with Crippen LogP contribution in [0.4, 0.5) is 0 Å². The van der Waals surface area contributed by atoms with Crippen molar-refractivity contribution in [1.29, 1.82) is 0 Å². The number of rotatable bonds is 7. The van der Waals surface area contributed by atoms with Crippen molar-refractivity contribution >= 4 is 50.0 Å². The van der Waals surface area contributed by atoms with E-state index in [1.54, 1.807) is 32.3 Å². The number of fused-ring (bicyclic) bond motifs is 1. The van der Waals surface area contributed by atoms with Gasteiger partial charge in [-0.15, -0.1) is 23.1 Å². The molecular weight excluding hydrogens is 452 g/mol. The number of thiophene rings is 1. The quantitative estimate of drug-likeness (QED) is 0.462. The Morgan fingerprint density at radius 1 is 1.23 bits per heavy atom. The number of sulfonamides is 1. The first kappa shape index (κ1) is 22.4. The summed E-state index contributed by atoms with van der Waals surface area (Å²) in [5.41, 5.74) is 1.64. The highest BCUT2D eigenvalue weighted by Gasteiger charge is 2.33. The fourth-order valence-electron chi connectivity index (χ4n) is 4.17. The van der Waals surface area contributed by atoms with Crippen LogP contribution >= 0.6 is 23.1 Å². The van der Waals surface area contributed by atoms with E-state index >= 15 is 0 Å². The summed E-state index contributed by atoms with van der Waals surface area (Å²) in [6.45, 7) is 3.34. The second kappa shape index (κ2) is 9.36. The van der Waals surface area contributed by atoms with Gasteiger partial charge in [-0.2, -0.15) is 4.31 Å². The zero-order valence-corrected chi connectivity index (χ0v) is 20.1. The lowest BCUT2D eigenvalue weighted by Gasteiger charge is -2.36. The van der Waals surface area contributed by atoms with Gasteiger partial charge in [0.25, 0.3) is 5.91 Å². The highest BCUT2D eigenvalue weighted by atomic mass is 32.2. The number of likely N-dealkylation sites (tertiary alicyclic amines) is 1. The largest absolute Gasteiger partial charge is 0.451 e. The molecule has 0 radical (unpaired) electrons. The first-order chi connectivity index (χ1) is 14.9. The summed E-state index contributed by atoms with van der Waals surface area (Å²) >= 11 is 3.39. The number of benzene rings is 1. The number of thioether (sulfide) groups is 1. The number of para-hydroxylation sites is 1. The molecule has 0 atom stereocenters. The van der Waals surface area contributed by atoms with Crippen molar-refractivity contribution < 1.29 is 17.6 Å². The molecule has 31 heavy (non-hydrogen) atoms. The molecule has 6 nitrogen and oxygen atoms in total. The Hall–Kier alpha value is -1.81. The molecule has 9 heteroatoms. The maximum Gasteiger partial charge on any atom is 0.289 e. The molecule has 0 bridgehead atoms. The standard InChI is InChI=1S/C22H26N2O4S3/c1-3-24(31(2,26)27)16-10-12-23(13-11-16)22(25)21-18(15-30-20-9-6-14-29-20)17-7-4-5-8-19(17)28-21/h4-9,14,16H,3,10-13,15H2,1-2H3. The molecule has 1 aromatic carbocycles. The van der Waals surface area contributed by atoms with E-state index in [-0.39, 0.29) is 11.9 Å². The van der Waals surface area contributed by atoms with Crippen molar-refractivity contribution in [2.24, 2.45) is 0 Å². The number of furan rings is 1. The van der Waals surface area contributed by atoms with Gasteiger partial charge in [-0.25, -0.2) is 8.42 Å². The predicted octanol–water partition coefficient (Wildman–Crippen LogP) is 4.67. The van der Waals surface area contributed by atoms with Crippen molar-refractivity contribution in [1.82, 2.24) is 9.21 Å². The van der Waals surface area contributed by atoms with Crippen LogP contribution in [0.1, 0.15) is 35.9 Å². The first-order valence-electron chi connectivity index (χ1n) is 10.3. The minimum atomic E-state index is -3.25. The number of nitrogens with zero attached hydrogens (tertiary/aromatic N) is 2. The van der Waals surface area contributed by atoms with Gasteiger partial charge in [0, 0.05) is 42.4 Å². The van der Waals surface area contributed by atoms with E-state index < -0.39 is 10.0 Å². The van der Waals surface area contributed by atoms with E-state index in [0.717, 1.165) is 16.5 Å². The normalized spacial score (nSPS) is 15.8. The number of hydrogen-bond donors (Lipinski definition) is 0. The third-order valence-electron chi connectivity index (χ3n) is 5.64. The van der Waals surface area contributed by atoms with Crippen molar-refractivity contribution in [3.05, 3.63) is 53.1 Å². The number of amides is 1. The minimum Gasteiger partial charge on any atom is -0.451 e. The fraction of sp³-hybridized carbons (Fsp3) is 0.409. The fourth-order valence-corrected chi connectivity index (χ4v) is 7.20. The predicted molar refractivity (Wildman–Crippen MR) is 126 cm³/mol. The summed E-state index contributed by atoms with van der Waals surface area (Å²) in [5.74, 6) is 0.949. The van der Waals surface area contributed by atoms with Gasteiger partial charge in [0.1, 0.15) is 5.58 Å². The lowest BCUT2D eigenvalue weighted by molar-refractivity contribution is 0.0650. The Morgan fingerprint density at radius 2 is 1.97 bits per heavy atom.